The van der Waals surface area contributed by atoms with Gasteiger partial charge in [0.05, 0.1) is 23.6 Å². The van der Waals surface area contributed by atoms with Crippen LogP contribution in [0.3, 0.4) is 0 Å². The Morgan fingerprint density at radius 3 is 2.08 bits per heavy atom. The normalized spacial score (nSPS) is 18.1. The molecule has 0 amide bonds. The first-order valence-electron chi connectivity index (χ1n) is 6.58. The summed E-state index contributed by atoms with van der Waals surface area (Å²) in [6.45, 7) is 0. The van der Waals surface area contributed by atoms with Crippen LogP contribution in [0, 0.1) is 34.6 Å². The van der Waals surface area contributed by atoms with Crippen molar-refractivity contribution in [2.75, 3.05) is 7.05 Å². The van der Waals surface area contributed by atoms with Crippen molar-refractivity contribution in [2.45, 2.75) is 18.8 Å². The van der Waals surface area contributed by atoms with Crippen LogP contribution in [0.25, 0.3) is 5.57 Å². The summed E-state index contributed by atoms with van der Waals surface area (Å²) in [7, 11) is 0.468. The summed E-state index contributed by atoms with van der Waals surface area (Å²) in [6, 6.07) is 1.24. The molecular weight excluding hydrogens is 381 g/mol. The number of aliphatic imine (C=N–C) groups is 1. The van der Waals surface area contributed by atoms with Crippen molar-refractivity contribution in [3.8, 4) is 6.07 Å². The van der Waals surface area contributed by atoms with Crippen LogP contribution in [0.1, 0.15) is 11.1 Å². The first-order chi connectivity index (χ1) is 11.9. The van der Waals surface area contributed by atoms with Gasteiger partial charge in [-0.15, -0.1) is 0 Å². The molecule has 0 radical (unpaired) electrons. The average Bonchev–Trinajstić information content (AvgIpc) is 2.55. The zero-order valence-corrected chi connectivity index (χ0v) is 12.5. The van der Waals surface area contributed by atoms with E-state index < -0.39 is 70.6 Å². The maximum Gasteiger partial charge on any atom is 0.429 e. The molecule has 0 N–H and O–H groups in total. The number of allylic oxidation sites excluding steroid dienone is 1. The van der Waals surface area contributed by atoms with Crippen molar-refractivity contribution in [1.82, 2.24) is 4.90 Å². The molecule has 0 saturated carbocycles. The predicted molar refractivity (Wildman–Crippen MR) is 69.8 cm³/mol. The first kappa shape index (κ1) is 19.6. The van der Waals surface area contributed by atoms with Gasteiger partial charge in [-0.3, -0.25) is 0 Å². The van der Waals surface area contributed by atoms with Crippen molar-refractivity contribution in [1.29, 1.82) is 5.26 Å². The zero-order chi connectivity index (χ0) is 20.0. The van der Waals surface area contributed by atoms with Crippen molar-refractivity contribution < 1.29 is 39.5 Å². The molecule has 0 fully saturated rings. The minimum absolute atomic E-state index is 0.275. The summed E-state index contributed by atoms with van der Waals surface area (Å²) in [4.78, 5) is 2.22. The van der Waals surface area contributed by atoms with E-state index in [1.807, 2.05) is 0 Å². The third-order valence-electron chi connectivity index (χ3n) is 3.48. The molecule has 140 valence electrons. The lowest BCUT2D eigenvalue weighted by atomic mass is 9.98. The van der Waals surface area contributed by atoms with Gasteiger partial charge in [-0.2, -0.15) is 27.2 Å². The number of benzene rings is 1. The van der Waals surface area contributed by atoms with Gasteiger partial charge >= 0.3 is 6.18 Å². The van der Waals surface area contributed by atoms with Crippen LogP contribution in [0.2, 0.25) is 0 Å². The Morgan fingerprint density at radius 1 is 1.00 bits per heavy atom. The Bertz CT molecular complexity index is 864. The molecule has 2 rings (SSSR count). The number of hydrogen-bond donors (Lipinski definition) is 0. The van der Waals surface area contributed by atoms with Crippen LogP contribution in [-0.2, 0) is 6.42 Å². The molecular formula is C14H6F9N3. The summed E-state index contributed by atoms with van der Waals surface area (Å²) in [5, 5.41) is 8.48. The molecule has 0 aromatic heterocycles. The predicted octanol–water partition coefficient (Wildman–Crippen LogP) is 4.15. The van der Waals surface area contributed by atoms with E-state index in [9.17, 15) is 39.5 Å². The Hall–Kier alpha value is -2.71. The molecule has 1 aromatic carbocycles. The van der Waals surface area contributed by atoms with E-state index >= 15 is 0 Å². The molecule has 1 aliphatic rings. The summed E-state index contributed by atoms with van der Waals surface area (Å²) in [5.41, 5.74) is -4.91. The fourth-order valence-corrected chi connectivity index (χ4v) is 2.26. The first-order valence-corrected chi connectivity index (χ1v) is 6.58. The van der Waals surface area contributed by atoms with Crippen LogP contribution < -0.4 is 0 Å². The highest BCUT2D eigenvalue weighted by Gasteiger charge is 2.48. The lowest BCUT2D eigenvalue weighted by Crippen LogP contribution is -2.44. The monoisotopic (exact) mass is 387 g/mol. The third-order valence-corrected chi connectivity index (χ3v) is 3.48. The number of hydrogen-bond acceptors (Lipinski definition) is 3. The summed E-state index contributed by atoms with van der Waals surface area (Å²) >= 11 is 0. The minimum atomic E-state index is -5.23. The molecule has 1 atom stereocenters. The number of alkyl halides is 3. The standard InChI is InChI=1S/C14H6F9N3/c1-26-12(20)6(11(19)25-13(26)14(21,22)23)5-7(15)4(2-3-24)8(16)10(18)9(5)17/h13H,2H2,1H3. The molecule has 3 nitrogen and oxygen atoms in total. The molecule has 1 aromatic rings. The second-order valence-corrected chi connectivity index (χ2v) is 5.06. The second kappa shape index (κ2) is 6.54. The molecule has 12 heteroatoms. The lowest BCUT2D eigenvalue weighted by Gasteiger charge is -2.31. The summed E-state index contributed by atoms with van der Waals surface area (Å²) in [5.74, 6) is -13.2. The third kappa shape index (κ3) is 2.97. The van der Waals surface area contributed by atoms with E-state index in [-0.39, 0.29) is 4.90 Å². The SMILES string of the molecule is CN1C(F)=C(c2c(F)c(F)c(F)c(CC#N)c2F)C(F)=NC1C(F)(F)F. The van der Waals surface area contributed by atoms with Crippen LogP contribution in [0.4, 0.5) is 39.5 Å². The van der Waals surface area contributed by atoms with Crippen LogP contribution in [0.15, 0.2) is 10.9 Å². The number of halogens is 9. The van der Waals surface area contributed by atoms with Gasteiger partial charge in [0.25, 0.3) is 0 Å². The fraction of sp³-hybridized carbons (Fsp3) is 0.286. The Kier molecular flexibility index (Phi) is 4.94. The van der Waals surface area contributed by atoms with Gasteiger partial charge in [-0.05, 0) is 0 Å². The van der Waals surface area contributed by atoms with Crippen LogP contribution in [-0.4, -0.2) is 30.3 Å². The quantitative estimate of drug-likeness (QED) is 0.331. The number of rotatable bonds is 2. The Labute approximate surface area is 139 Å². The fourth-order valence-electron chi connectivity index (χ4n) is 2.26. The zero-order valence-electron chi connectivity index (χ0n) is 12.5. The minimum Gasteiger partial charge on any atom is -0.321 e. The average molecular weight is 387 g/mol. The van der Waals surface area contributed by atoms with Crippen molar-refractivity contribution in [3.05, 3.63) is 40.3 Å². The molecule has 1 heterocycles. The molecule has 0 spiro atoms. The molecule has 0 saturated heterocycles. The number of nitrogens with zero attached hydrogens (tertiary/aromatic N) is 3. The van der Waals surface area contributed by atoms with Crippen molar-refractivity contribution >= 4 is 11.5 Å². The van der Waals surface area contributed by atoms with E-state index in [1.54, 1.807) is 0 Å². The van der Waals surface area contributed by atoms with Crippen LogP contribution in [0.5, 0.6) is 0 Å². The van der Waals surface area contributed by atoms with E-state index in [2.05, 4.69) is 4.99 Å². The largest absolute Gasteiger partial charge is 0.429 e. The maximum atomic E-state index is 14.3. The number of nitriles is 1. The molecule has 0 aliphatic carbocycles. The lowest BCUT2D eigenvalue weighted by molar-refractivity contribution is -0.176. The maximum absolute atomic E-state index is 14.3. The smallest absolute Gasteiger partial charge is 0.321 e. The molecule has 1 aliphatic heterocycles. The molecule has 1 unspecified atom stereocenters. The highest BCUT2D eigenvalue weighted by atomic mass is 19.4. The van der Waals surface area contributed by atoms with Gasteiger partial charge in [-0.25, -0.2) is 22.6 Å². The summed E-state index contributed by atoms with van der Waals surface area (Å²) in [6.07, 6.45) is -9.39. The van der Waals surface area contributed by atoms with Crippen molar-refractivity contribution in [3.63, 3.8) is 0 Å². The van der Waals surface area contributed by atoms with Gasteiger partial charge in [0.2, 0.25) is 18.1 Å². The van der Waals surface area contributed by atoms with Gasteiger partial charge in [0.15, 0.2) is 17.5 Å². The topological polar surface area (TPSA) is 39.4 Å². The molecule has 0 bridgehead atoms. The van der Waals surface area contributed by atoms with E-state index in [0.29, 0.717) is 7.05 Å². The Morgan fingerprint density at radius 2 is 1.58 bits per heavy atom. The summed E-state index contributed by atoms with van der Waals surface area (Å²) < 4.78 is 122. The van der Waals surface area contributed by atoms with E-state index in [4.69, 9.17) is 5.26 Å². The highest BCUT2D eigenvalue weighted by molar-refractivity contribution is 6.20. The Balaban J connectivity index is 2.79. The van der Waals surface area contributed by atoms with Gasteiger partial charge in [0.1, 0.15) is 5.82 Å². The molecule has 26 heavy (non-hydrogen) atoms. The van der Waals surface area contributed by atoms with E-state index in [0.717, 1.165) is 0 Å². The second-order valence-electron chi connectivity index (χ2n) is 5.06. The van der Waals surface area contributed by atoms with Gasteiger partial charge in [-0.1, -0.05) is 0 Å². The van der Waals surface area contributed by atoms with Crippen LogP contribution >= 0.6 is 0 Å². The van der Waals surface area contributed by atoms with E-state index in [1.165, 1.54) is 6.07 Å². The highest BCUT2D eigenvalue weighted by Crippen LogP contribution is 2.39. The van der Waals surface area contributed by atoms with Gasteiger partial charge < -0.3 is 4.90 Å². The van der Waals surface area contributed by atoms with Gasteiger partial charge in [0, 0.05) is 12.6 Å². The van der Waals surface area contributed by atoms with Crippen molar-refractivity contribution in [2.24, 2.45) is 4.99 Å².